The highest BCUT2D eigenvalue weighted by Gasteiger charge is 2.22. The van der Waals surface area contributed by atoms with Crippen LogP contribution in [0.5, 0.6) is 5.75 Å². The number of hydrogen-bond acceptors (Lipinski definition) is 6. The van der Waals surface area contributed by atoms with Crippen LogP contribution in [-0.2, 0) is 19.6 Å². The second kappa shape index (κ2) is 11.8. The Morgan fingerprint density at radius 3 is 2.50 bits per heavy atom. The lowest BCUT2D eigenvalue weighted by Gasteiger charge is -2.19. The number of carbonyl (C=O) groups excluding carboxylic acids is 1. The van der Waals surface area contributed by atoms with Crippen LogP contribution in [0.2, 0.25) is 5.02 Å². The molecule has 4 aromatic rings. The van der Waals surface area contributed by atoms with E-state index in [1.165, 1.54) is 28.2 Å². The molecule has 0 bridgehead atoms. The first kappa shape index (κ1) is 29.2. The van der Waals surface area contributed by atoms with Crippen molar-refractivity contribution >= 4 is 72.3 Å². The third kappa shape index (κ3) is 6.68. The summed E-state index contributed by atoms with van der Waals surface area (Å²) >= 11 is 9.84. The number of rotatable bonds is 8. The van der Waals surface area contributed by atoms with Crippen molar-refractivity contribution in [2.45, 2.75) is 31.3 Å². The molecule has 3 aromatic carbocycles. The summed E-state index contributed by atoms with van der Waals surface area (Å²) in [5.41, 5.74) is 9.87. The Kier molecular flexibility index (Phi) is 8.60. The summed E-state index contributed by atoms with van der Waals surface area (Å²) in [6.45, 7) is 4.82. The molecule has 0 amide bonds. The Morgan fingerprint density at radius 2 is 1.82 bits per heavy atom. The molecule has 206 valence electrons. The Bertz CT molecular complexity index is 1770. The fraction of sp³-hybridized carbons (Fsp3) is 0.179. The van der Waals surface area contributed by atoms with Crippen LogP contribution in [-0.4, -0.2) is 30.6 Å². The van der Waals surface area contributed by atoms with Gasteiger partial charge in [-0.05, 0) is 80.4 Å². The number of nitrogens with zero attached hydrogens (tertiary/aromatic N) is 4. The largest absolute Gasteiger partial charge is 0.480 e. The van der Waals surface area contributed by atoms with Crippen molar-refractivity contribution in [3.05, 3.63) is 97.9 Å². The SMILES string of the molecule is CC(C)(C)OC(=O)COc1cc(N=[N+]=[N-])c(/C=C/c2cc3ccc(Br)cc3n2S(=O)(=O)c2ccccc2)cc1Cl. The number of hydrogen-bond donors (Lipinski definition) is 0. The number of azide groups is 1. The minimum atomic E-state index is -3.97. The second-order valence-electron chi connectivity index (χ2n) is 9.59. The number of fused-ring (bicyclic) bond motifs is 1. The van der Waals surface area contributed by atoms with Crippen molar-refractivity contribution in [1.29, 1.82) is 0 Å². The van der Waals surface area contributed by atoms with E-state index < -0.39 is 28.2 Å². The van der Waals surface area contributed by atoms with E-state index in [4.69, 9.17) is 26.6 Å². The van der Waals surface area contributed by atoms with E-state index in [2.05, 4.69) is 26.0 Å². The molecule has 0 unspecified atom stereocenters. The van der Waals surface area contributed by atoms with Crippen LogP contribution in [0.3, 0.4) is 0 Å². The van der Waals surface area contributed by atoms with Gasteiger partial charge in [0.15, 0.2) is 6.61 Å². The minimum Gasteiger partial charge on any atom is -0.480 e. The molecular weight excluding hydrogens is 620 g/mol. The van der Waals surface area contributed by atoms with E-state index in [0.29, 0.717) is 22.2 Å². The molecule has 0 atom stereocenters. The summed E-state index contributed by atoms with van der Waals surface area (Å²) in [5.74, 6) is -0.463. The van der Waals surface area contributed by atoms with E-state index in [1.807, 2.05) is 12.1 Å². The zero-order valence-corrected chi connectivity index (χ0v) is 24.9. The Balaban J connectivity index is 1.75. The summed E-state index contributed by atoms with van der Waals surface area (Å²) < 4.78 is 40.1. The predicted octanol–water partition coefficient (Wildman–Crippen LogP) is 8.13. The van der Waals surface area contributed by atoms with Crippen molar-refractivity contribution in [3.8, 4) is 5.75 Å². The molecule has 0 fully saturated rings. The number of aromatic nitrogens is 1. The molecule has 1 aromatic heterocycles. The third-order valence-corrected chi connectivity index (χ3v) is 8.01. The molecule has 4 rings (SSSR count). The monoisotopic (exact) mass is 642 g/mol. The van der Waals surface area contributed by atoms with Gasteiger partial charge in [-0.15, -0.1) is 0 Å². The van der Waals surface area contributed by atoms with E-state index in [9.17, 15) is 13.2 Å². The highest BCUT2D eigenvalue weighted by atomic mass is 79.9. The van der Waals surface area contributed by atoms with Gasteiger partial charge in [-0.25, -0.2) is 17.2 Å². The smallest absolute Gasteiger partial charge is 0.344 e. The zero-order chi connectivity index (χ0) is 29.1. The van der Waals surface area contributed by atoms with Gasteiger partial charge in [0.2, 0.25) is 0 Å². The standard InChI is InChI=1S/C28H24BrClN4O5S/c1-28(2,3)39-27(35)17-38-26-16-24(32-33-31)18(14-23(26)30)10-12-21-13-19-9-11-20(29)15-25(19)34(21)40(36,37)22-7-5-4-6-8-22/h4-16H,17H2,1-3H3/b12-10+. The molecule has 0 spiro atoms. The molecule has 0 aliphatic rings. The van der Waals surface area contributed by atoms with Crippen LogP contribution < -0.4 is 4.74 Å². The fourth-order valence-corrected chi connectivity index (χ4v) is 5.97. The fourth-order valence-electron chi connectivity index (χ4n) is 3.87. The van der Waals surface area contributed by atoms with E-state index in [1.54, 1.807) is 63.3 Å². The Morgan fingerprint density at radius 1 is 1.10 bits per heavy atom. The van der Waals surface area contributed by atoms with Gasteiger partial charge in [-0.3, -0.25) is 0 Å². The Labute approximate surface area is 244 Å². The van der Waals surface area contributed by atoms with Crippen molar-refractivity contribution in [2.75, 3.05) is 6.61 Å². The molecule has 12 heteroatoms. The van der Waals surface area contributed by atoms with Gasteiger partial charge < -0.3 is 9.47 Å². The normalized spacial score (nSPS) is 11.9. The number of carbonyl (C=O) groups is 1. The molecule has 0 aliphatic carbocycles. The molecule has 40 heavy (non-hydrogen) atoms. The zero-order valence-electron chi connectivity index (χ0n) is 21.7. The van der Waals surface area contributed by atoms with Crippen LogP contribution in [0.1, 0.15) is 32.0 Å². The van der Waals surface area contributed by atoms with Crippen LogP contribution in [0.4, 0.5) is 5.69 Å². The quantitative estimate of drug-likeness (QED) is 0.0830. The predicted molar refractivity (Wildman–Crippen MR) is 159 cm³/mol. The second-order valence-corrected chi connectivity index (χ2v) is 12.7. The molecule has 0 saturated heterocycles. The van der Waals surface area contributed by atoms with Gasteiger partial charge in [0.1, 0.15) is 11.4 Å². The van der Waals surface area contributed by atoms with Crippen molar-refractivity contribution in [1.82, 2.24) is 3.97 Å². The van der Waals surface area contributed by atoms with Crippen LogP contribution >= 0.6 is 27.5 Å². The number of benzene rings is 3. The van der Waals surface area contributed by atoms with Crippen LogP contribution in [0.15, 0.2) is 81.2 Å². The maximum atomic E-state index is 13.7. The Hall–Kier alpha value is -3.76. The summed E-state index contributed by atoms with van der Waals surface area (Å²) in [4.78, 5) is 15.1. The summed E-state index contributed by atoms with van der Waals surface area (Å²) in [6.07, 6.45) is 3.19. The summed E-state index contributed by atoms with van der Waals surface area (Å²) in [6, 6.07) is 18.1. The molecule has 0 radical (unpaired) electrons. The lowest BCUT2D eigenvalue weighted by Crippen LogP contribution is -2.27. The van der Waals surface area contributed by atoms with Gasteiger partial charge in [0.25, 0.3) is 10.0 Å². The number of ether oxygens (including phenoxy) is 2. The molecule has 0 saturated carbocycles. The van der Waals surface area contributed by atoms with Gasteiger partial charge in [-0.1, -0.05) is 63.0 Å². The molecule has 0 aliphatic heterocycles. The van der Waals surface area contributed by atoms with Crippen molar-refractivity contribution in [3.63, 3.8) is 0 Å². The van der Waals surface area contributed by atoms with E-state index >= 15 is 0 Å². The lowest BCUT2D eigenvalue weighted by atomic mass is 10.1. The van der Waals surface area contributed by atoms with Crippen molar-refractivity contribution in [2.24, 2.45) is 5.11 Å². The minimum absolute atomic E-state index is 0.123. The molecule has 9 nitrogen and oxygen atoms in total. The molecular formula is C28H24BrClN4O5S. The number of halogens is 2. The van der Waals surface area contributed by atoms with Crippen LogP contribution in [0, 0.1) is 0 Å². The molecule has 0 N–H and O–H groups in total. The third-order valence-electron chi connectivity index (χ3n) is 5.46. The maximum absolute atomic E-state index is 13.7. The summed E-state index contributed by atoms with van der Waals surface area (Å²) in [7, 11) is -3.97. The van der Waals surface area contributed by atoms with Crippen LogP contribution in [0.25, 0.3) is 33.5 Å². The van der Waals surface area contributed by atoms with E-state index in [-0.39, 0.29) is 21.4 Å². The van der Waals surface area contributed by atoms with Gasteiger partial charge in [0.05, 0.1) is 21.1 Å². The summed E-state index contributed by atoms with van der Waals surface area (Å²) in [5, 5.41) is 4.59. The van der Waals surface area contributed by atoms with Gasteiger partial charge in [0, 0.05) is 20.5 Å². The first-order valence-electron chi connectivity index (χ1n) is 11.9. The van der Waals surface area contributed by atoms with Gasteiger partial charge >= 0.3 is 5.97 Å². The van der Waals surface area contributed by atoms with E-state index in [0.717, 1.165) is 4.47 Å². The lowest BCUT2D eigenvalue weighted by molar-refractivity contribution is -0.157. The first-order valence-corrected chi connectivity index (χ1v) is 14.5. The maximum Gasteiger partial charge on any atom is 0.344 e. The molecule has 1 heterocycles. The van der Waals surface area contributed by atoms with Crippen molar-refractivity contribution < 1.29 is 22.7 Å². The topological polar surface area (TPSA) is 123 Å². The number of esters is 1. The van der Waals surface area contributed by atoms with Gasteiger partial charge in [-0.2, -0.15) is 0 Å². The average molecular weight is 644 g/mol. The highest BCUT2D eigenvalue weighted by molar-refractivity contribution is 9.10. The highest BCUT2D eigenvalue weighted by Crippen LogP contribution is 2.35. The first-order chi connectivity index (χ1) is 18.9. The average Bonchev–Trinajstić information content (AvgIpc) is 3.25.